The van der Waals surface area contributed by atoms with Gasteiger partial charge in [0, 0.05) is 16.7 Å². The molecule has 0 atom stereocenters. The summed E-state index contributed by atoms with van der Waals surface area (Å²) in [6.07, 6.45) is 2.69. The minimum Gasteiger partial charge on any atom is -0.298 e. The SMILES string of the molecule is O=Cc1ccc(-c2ccc(-c3cc(-c4ccc(-c5ccc(C=O)cc5-c5ccccc5)cc4)cc(-c4ccc(-c5ccc(C=O)cc5-c5ccccc5)cc4)c3)cc2)c(-c2ccccc2)c1. The molecule has 10 aromatic rings. The highest BCUT2D eigenvalue weighted by atomic mass is 16.1. The van der Waals surface area contributed by atoms with E-state index in [2.05, 4.69) is 127 Å². The fraction of sp³-hybridized carbons (Fsp3) is 0. The van der Waals surface area contributed by atoms with Crippen molar-refractivity contribution >= 4 is 18.9 Å². The Morgan fingerprint density at radius 3 is 0.652 bits per heavy atom. The van der Waals surface area contributed by atoms with Gasteiger partial charge in [-0.15, -0.1) is 0 Å². The average molecular weight is 847 g/mol. The summed E-state index contributed by atoms with van der Waals surface area (Å²) >= 11 is 0. The molecule has 0 bridgehead atoms. The molecular formula is C63H42O3. The first-order valence-electron chi connectivity index (χ1n) is 22.0. The molecule has 0 amide bonds. The fourth-order valence-corrected chi connectivity index (χ4v) is 8.88. The summed E-state index contributed by atoms with van der Waals surface area (Å²) in [5.74, 6) is 0. The summed E-state index contributed by atoms with van der Waals surface area (Å²) in [5, 5.41) is 0. The molecule has 3 heteroatoms. The van der Waals surface area contributed by atoms with E-state index in [4.69, 9.17) is 0 Å². The predicted octanol–water partition coefficient (Wildman–Crippen LogP) is 16.1. The number of benzene rings is 10. The summed E-state index contributed by atoms with van der Waals surface area (Å²) < 4.78 is 0. The first kappa shape index (κ1) is 41.2. The van der Waals surface area contributed by atoms with Gasteiger partial charge >= 0.3 is 0 Å². The Morgan fingerprint density at radius 2 is 0.409 bits per heavy atom. The Kier molecular flexibility index (Phi) is 11.6. The molecule has 0 aliphatic carbocycles. The van der Waals surface area contributed by atoms with Gasteiger partial charge in [-0.1, -0.05) is 200 Å². The fourth-order valence-electron chi connectivity index (χ4n) is 8.88. The third kappa shape index (κ3) is 8.49. The quantitative estimate of drug-likeness (QED) is 0.115. The van der Waals surface area contributed by atoms with Gasteiger partial charge < -0.3 is 0 Å². The first-order chi connectivity index (χ1) is 32.5. The highest BCUT2D eigenvalue weighted by molar-refractivity contribution is 5.93. The Labute approximate surface area is 385 Å². The van der Waals surface area contributed by atoms with E-state index in [9.17, 15) is 14.4 Å². The molecule has 312 valence electrons. The van der Waals surface area contributed by atoms with Crippen molar-refractivity contribution in [2.45, 2.75) is 0 Å². The van der Waals surface area contributed by atoms with E-state index in [1.807, 2.05) is 109 Å². The topological polar surface area (TPSA) is 51.2 Å². The Bertz CT molecular complexity index is 2980. The molecular weight excluding hydrogens is 805 g/mol. The third-order valence-electron chi connectivity index (χ3n) is 12.3. The summed E-state index contributed by atoms with van der Waals surface area (Å²) in [7, 11) is 0. The Morgan fingerprint density at radius 1 is 0.182 bits per heavy atom. The van der Waals surface area contributed by atoms with Gasteiger partial charge in [-0.25, -0.2) is 0 Å². The smallest absolute Gasteiger partial charge is 0.150 e. The molecule has 0 aliphatic rings. The molecule has 0 saturated heterocycles. The summed E-state index contributed by atoms with van der Waals surface area (Å²) in [4.78, 5) is 35.5. The van der Waals surface area contributed by atoms with Crippen LogP contribution in [0.4, 0.5) is 0 Å². The molecule has 0 N–H and O–H groups in total. The molecule has 0 radical (unpaired) electrons. The molecule has 10 rings (SSSR count). The number of hydrogen-bond donors (Lipinski definition) is 0. The van der Waals surface area contributed by atoms with Gasteiger partial charge in [0.2, 0.25) is 0 Å². The molecule has 0 saturated carbocycles. The lowest BCUT2D eigenvalue weighted by Crippen LogP contribution is -1.91. The van der Waals surface area contributed by atoms with Crippen LogP contribution in [-0.4, -0.2) is 18.9 Å². The van der Waals surface area contributed by atoms with E-state index in [1.165, 1.54) is 0 Å². The van der Waals surface area contributed by atoms with Crippen molar-refractivity contribution in [3.05, 3.63) is 253 Å². The van der Waals surface area contributed by atoms with Crippen LogP contribution in [0.15, 0.2) is 237 Å². The summed E-state index contributed by atoms with van der Waals surface area (Å²) in [5.41, 5.74) is 20.9. The maximum Gasteiger partial charge on any atom is 0.150 e. The van der Waals surface area contributed by atoms with Gasteiger partial charge in [0.25, 0.3) is 0 Å². The highest BCUT2D eigenvalue weighted by Gasteiger charge is 2.15. The van der Waals surface area contributed by atoms with Gasteiger partial charge in [0.15, 0.2) is 0 Å². The standard InChI is InChI=1S/C63H42O3/c64-40-43-16-31-58(61(34-43)49-10-4-1-5-11-49)52-25-19-46(20-26-52)55-37-56(47-21-27-53(28-22-47)59-32-17-44(41-65)35-62(59)50-12-6-2-7-13-50)39-57(38-55)48-23-29-54(30-24-48)60-33-18-45(42-66)36-63(60)51-14-8-3-9-15-51/h1-42H. The monoisotopic (exact) mass is 846 g/mol. The van der Waals surface area contributed by atoms with Crippen LogP contribution in [0.3, 0.4) is 0 Å². The van der Waals surface area contributed by atoms with E-state index in [-0.39, 0.29) is 0 Å². The highest BCUT2D eigenvalue weighted by Crippen LogP contribution is 2.40. The van der Waals surface area contributed by atoms with Crippen molar-refractivity contribution in [1.82, 2.24) is 0 Å². The van der Waals surface area contributed by atoms with Crippen molar-refractivity contribution in [3.8, 4) is 100 Å². The van der Waals surface area contributed by atoms with Gasteiger partial charge in [0.1, 0.15) is 18.9 Å². The molecule has 0 aromatic heterocycles. The molecule has 66 heavy (non-hydrogen) atoms. The lowest BCUT2D eigenvalue weighted by atomic mass is 9.89. The van der Waals surface area contributed by atoms with Crippen LogP contribution in [0.5, 0.6) is 0 Å². The Balaban J connectivity index is 1.05. The molecule has 0 fully saturated rings. The van der Waals surface area contributed by atoms with Crippen LogP contribution in [0, 0.1) is 0 Å². The molecule has 0 aliphatic heterocycles. The second-order valence-electron chi connectivity index (χ2n) is 16.4. The third-order valence-corrected chi connectivity index (χ3v) is 12.3. The van der Waals surface area contributed by atoms with Crippen LogP contribution in [0.2, 0.25) is 0 Å². The zero-order valence-electron chi connectivity index (χ0n) is 36.0. The van der Waals surface area contributed by atoms with Gasteiger partial charge in [0.05, 0.1) is 0 Å². The lowest BCUT2D eigenvalue weighted by Gasteiger charge is -2.15. The van der Waals surface area contributed by atoms with Crippen LogP contribution < -0.4 is 0 Å². The second kappa shape index (κ2) is 18.5. The van der Waals surface area contributed by atoms with E-state index in [0.717, 1.165) is 119 Å². The maximum atomic E-state index is 11.8. The predicted molar refractivity (Wildman–Crippen MR) is 272 cm³/mol. The molecule has 3 nitrogen and oxygen atoms in total. The number of carbonyl (C=O) groups excluding carboxylic acids is 3. The summed E-state index contributed by atoms with van der Waals surface area (Å²) in [6.45, 7) is 0. The number of carbonyl (C=O) groups is 3. The molecule has 10 aromatic carbocycles. The minimum atomic E-state index is 0.638. The number of rotatable bonds is 12. The normalized spacial score (nSPS) is 10.9. The second-order valence-corrected chi connectivity index (χ2v) is 16.4. The lowest BCUT2D eigenvalue weighted by molar-refractivity contribution is 0.111. The van der Waals surface area contributed by atoms with E-state index >= 15 is 0 Å². The molecule has 0 spiro atoms. The average Bonchev–Trinajstić information content (AvgIpc) is 3.41. The van der Waals surface area contributed by atoms with Crippen molar-refractivity contribution in [2.75, 3.05) is 0 Å². The van der Waals surface area contributed by atoms with E-state index in [1.54, 1.807) is 0 Å². The first-order valence-corrected chi connectivity index (χ1v) is 22.0. The maximum absolute atomic E-state index is 11.8. The minimum absolute atomic E-state index is 0.638. The van der Waals surface area contributed by atoms with E-state index in [0.29, 0.717) is 16.7 Å². The largest absolute Gasteiger partial charge is 0.298 e. The van der Waals surface area contributed by atoms with Gasteiger partial charge in [-0.2, -0.15) is 0 Å². The zero-order chi connectivity index (χ0) is 44.8. The van der Waals surface area contributed by atoms with Gasteiger partial charge in [-0.3, -0.25) is 14.4 Å². The van der Waals surface area contributed by atoms with Crippen molar-refractivity contribution < 1.29 is 14.4 Å². The van der Waals surface area contributed by atoms with Crippen molar-refractivity contribution in [1.29, 1.82) is 0 Å². The van der Waals surface area contributed by atoms with Crippen LogP contribution in [0.1, 0.15) is 31.1 Å². The van der Waals surface area contributed by atoms with Gasteiger partial charge in [-0.05, 0) is 137 Å². The van der Waals surface area contributed by atoms with Crippen molar-refractivity contribution in [3.63, 3.8) is 0 Å². The number of aldehydes is 3. The van der Waals surface area contributed by atoms with Crippen molar-refractivity contribution in [2.24, 2.45) is 0 Å². The molecule has 0 heterocycles. The summed E-state index contributed by atoms with van der Waals surface area (Å²) in [6, 6.07) is 80.9. The van der Waals surface area contributed by atoms with Crippen LogP contribution in [-0.2, 0) is 0 Å². The number of hydrogen-bond acceptors (Lipinski definition) is 3. The van der Waals surface area contributed by atoms with Crippen LogP contribution >= 0.6 is 0 Å². The Hall–Kier alpha value is -8.79. The zero-order valence-corrected chi connectivity index (χ0v) is 36.0. The van der Waals surface area contributed by atoms with Crippen LogP contribution in [0.25, 0.3) is 100 Å². The van der Waals surface area contributed by atoms with E-state index < -0.39 is 0 Å². The molecule has 0 unspecified atom stereocenters.